The number of amides is 1. The lowest BCUT2D eigenvalue weighted by molar-refractivity contribution is -0.152. The molecule has 0 aliphatic carbocycles. The lowest BCUT2D eigenvalue weighted by Crippen LogP contribution is -2.44. The van der Waals surface area contributed by atoms with Gasteiger partial charge in [0.15, 0.2) is 0 Å². The first-order valence-electron chi connectivity index (χ1n) is 5.17. The zero-order chi connectivity index (χ0) is 11.1. The minimum Gasteiger partial charge on any atom is -0.469 e. The lowest BCUT2D eigenvalue weighted by Gasteiger charge is -2.30. The van der Waals surface area contributed by atoms with E-state index in [1.165, 1.54) is 12.0 Å². The molecule has 0 bridgehead atoms. The van der Waals surface area contributed by atoms with Crippen LogP contribution in [0, 0.1) is 5.92 Å². The van der Waals surface area contributed by atoms with Gasteiger partial charge in [-0.15, -0.1) is 0 Å². The molecule has 15 heavy (non-hydrogen) atoms. The number of nitrogens with zero attached hydrogens (tertiary/aromatic N) is 1. The van der Waals surface area contributed by atoms with Gasteiger partial charge in [-0.05, 0) is 6.42 Å². The van der Waals surface area contributed by atoms with Gasteiger partial charge >= 0.3 is 5.97 Å². The van der Waals surface area contributed by atoms with Gasteiger partial charge in [-0.1, -0.05) is 0 Å². The summed E-state index contributed by atoms with van der Waals surface area (Å²) in [5.74, 6) is -0.504. The van der Waals surface area contributed by atoms with Crippen molar-refractivity contribution in [1.82, 2.24) is 4.90 Å². The van der Waals surface area contributed by atoms with E-state index in [1.807, 2.05) is 0 Å². The molecule has 5 heteroatoms. The van der Waals surface area contributed by atoms with Crippen molar-refractivity contribution in [3.8, 4) is 0 Å². The normalized spacial score (nSPS) is 34.4. The van der Waals surface area contributed by atoms with Crippen LogP contribution in [0.2, 0.25) is 0 Å². The van der Waals surface area contributed by atoms with Crippen LogP contribution in [0.5, 0.6) is 0 Å². The molecule has 2 aliphatic rings. The molecule has 2 unspecified atom stereocenters. The summed E-state index contributed by atoms with van der Waals surface area (Å²) in [6, 6.07) is 0. The standard InChI is InChI=1S/C10H15NO4/c1-15-9(13)6-7-3-5-11-8(12)2-4-10(7,11)14/h7,14H,2-6H2,1H3. The van der Waals surface area contributed by atoms with Crippen molar-refractivity contribution in [2.24, 2.45) is 5.92 Å². The van der Waals surface area contributed by atoms with Crippen LogP contribution in [-0.4, -0.2) is 41.3 Å². The molecule has 5 nitrogen and oxygen atoms in total. The molecule has 0 aromatic heterocycles. The molecule has 2 saturated heterocycles. The third kappa shape index (κ3) is 1.51. The van der Waals surface area contributed by atoms with E-state index in [0.717, 1.165) is 0 Å². The van der Waals surface area contributed by atoms with Crippen molar-refractivity contribution in [2.75, 3.05) is 13.7 Å². The van der Waals surface area contributed by atoms with Crippen LogP contribution in [0.4, 0.5) is 0 Å². The second-order valence-corrected chi connectivity index (χ2v) is 4.19. The fourth-order valence-corrected chi connectivity index (χ4v) is 2.59. The molecular formula is C10H15NO4. The fourth-order valence-electron chi connectivity index (χ4n) is 2.59. The summed E-state index contributed by atoms with van der Waals surface area (Å²) in [5, 5.41) is 10.3. The van der Waals surface area contributed by atoms with Gasteiger partial charge in [-0.3, -0.25) is 9.59 Å². The Balaban J connectivity index is 2.10. The van der Waals surface area contributed by atoms with E-state index >= 15 is 0 Å². The van der Waals surface area contributed by atoms with E-state index in [4.69, 9.17) is 0 Å². The maximum absolute atomic E-state index is 11.4. The molecule has 0 spiro atoms. The van der Waals surface area contributed by atoms with Crippen molar-refractivity contribution in [1.29, 1.82) is 0 Å². The molecule has 0 radical (unpaired) electrons. The molecule has 0 saturated carbocycles. The predicted octanol–water partition coefficient (Wildman–Crippen LogP) is -0.120. The van der Waals surface area contributed by atoms with E-state index < -0.39 is 5.72 Å². The number of carbonyl (C=O) groups excluding carboxylic acids is 2. The van der Waals surface area contributed by atoms with Crippen LogP contribution >= 0.6 is 0 Å². The minimum absolute atomic E-state index is 0.00938. The Bertz CT molecular complexity index is 304. The van der Waals surface area contributed by atoms with Gasteiger partial charge < -0.3 is 14.7 Å². The maximum atomic E-state index is 11.4. The van der Waals surface area contributed by atoms with Gasteiger partial charge in [-0.25, -0.2) is 0 Å². The predicted molar refractivity (Wildman–Crippen MR) is 50.6 cm³/mol. The molecule has 0 aromatic rings. The zero-order valence-electron chi connectivity index (χ0n) is 8.73. The number of fused-ring (bicyclic) bond motifs is 1. The molecule has 2 heterocycles. The average Bonchev–Trinajstić information content (AvgIpc) is 2.67. The SMILES string of the molecule is COC(=O)CC1CCN2C(=O)CCC12O. The highest BCUT2D eigenvalue weighted by molar-refractivity contribution is 5.80. The van der Waals surface area contributed by atoms with Crippen molar-refractivity contribution in [3.63, 3.8) is 0 Å². The molecule has 0 aromatic carbocycles. The summed E-state index contributed by atoms with van der Waals surface area (Å²) in [6.45, 7) is 0.553. The van der Waals surface area contributed by atoms with E-state index in [-0.39, 0.29) is 24.2 Å². The molecule has 2 aliphatic heterocycles. The van der Waals surface area contributed by atoms with Gasteiger partial charge in [0.1, 0.15) is 5.72 Å². The number of methoxy groups -OCH3 is 1. The summed E-state index contributed by atoms with van der Waals surface area (Å²) >= 11 is 0. The summed E-state index contributed by atoms with van der Waals surface area (Å²) < 4.78 is 4.58. The molecule has 2 atom stereocenters. The minimum atomic E-state index is -1.09. The van der Waals surface area contributed by atoms with E-state index in [0.29, 0.717) is 25.8 Å². The number of hydrogen-bond acceptors (Lipinski definition) is 4. The van der Waals surface area contributed by atoms with Crippen LogP contribution < -0.4 is 0 Å². The number of esters is 1. The number of rotatable bonds is 2. The Labute approximate surface area is 88.0 Å². The van der Waals surface area contributed by atoms with Gasteiger partial charge in [0, 0.05) is 25.3 Å². The van der Waals surface area contributed by atoms with Crippen molar-refractivity contribution in [2.45, 2.75) is 31.4 Å². The first kappa shape index (κ1) is 10.4. The third-order valence-corrected chi connectivity index (χ3v) is 3.47. The zero-order valence-corrected chi connectivity index (χ0v) is 8.73. The van der Waals surface area contributed by atoms with Crippen LogP contribution in [0.15, 0.2) is 0 Å². The highest BCUT2D eigenvalue weighted by Crippen LogP contribution is 2.43. The second-order valence-electron chi connectivity index (χ2n) is 4.19. The quantitative estimate of drug-likeness (QED) is 0.649. The first-order valence-corrected chi connectivity index (χ1v) is 5.17. The number of carbonyl (C=O) groups is 2. The third-order valence-electron chi connectivity index (χ3n) is 3.47. The van der Waals surface area contributed by atoms with E-state index in [1.54, 1.807) is 0 Å². The molecular weight excluding hydrogens is 198 g/mol. The van der Waals surface area contributed by atoms with Gasteiger partial charge in [0.05, 0.1) is 13.5 Å². The average molecular weight is 213 g/mol. The Morgan fingerprint density at radius 2 is 2.47 bits per heavy atom. The lowest BCUT2D eigenvalue weighted by atomic mass is 9.91. The van der Waals surface area contributed by atoms with Crippen LogP contribution in [0.1, 0.15) is 25.7 Å². The number of hydrogen-bond donors (Lipinski definition) is 1. The highest BCUT2D eigenvalue weighted by atomic mass is 16.5. The summed E-state index contributed by atoms with van der Waals surface area (Å²) in [7, 11) is 1.33. The fraction of sp³-hybridized carbons (Fsp3) is 0.800. The van der Waals surface area contributed by atoms with Crippen LogP contribution in [-0.2, 0) is 14.3 Å². The first-order chi connectivity index (χ1) is 7.08. The second kappa shape index (κ2) is 3.48. The topological polar surface area (TPSA) is 66.8 Å². The molecule has 2 rings (SSSR count). The molecule has 2 fully saturated rings. The Morgan fingerprint density at radius 3 is 3.13 bits per heavy atom. The monoisotopic (exact) mass is 213 g/mol. The summed E-state index contributed by atoms with van der Waals surface area (Å²) in [4.78, 5) is 24.1. The Kier molecular flexibility index (Phi) is 2.42. The largest absolute Gasteiger partial charge is 0.469 e. The molecule has 1 amide bonds. The summed E-state index contributed by atoms with van der Waals surface area (Å²) in [6.07, 6.45) is 1.69. The van der Waals surface area contributed by atoms with Crippen molar-refractivity contribution < 1.29 is 19.4 Å². The smallest absolute Gasteiger partial charge is 0.305 e. The van der Waals surface area contributed by atoms with E-state index in [2.05, 4.69) is 4.74 Å². The summed E-state index contributed by atoms with van der Waals surface area (Å²) in [5.41, 5.74) is -1.09. The van der Waals surface area contributed by atoms with Crippen molar-refractivity contribution in [3.05, 3.63) is 0 Å². The van der Waals surface area contributed by atoms with Gasteiger partial charge in [-0.2, -0.15) is 0 Å². The number of ether oxygens (including phenoxy) is 1. The van der Waals surface area contributed by atoms with Crippen LogP contribution in [0.25, 0.3) is 0 Å². The Hall–Kier alpha value is -1.10. The van der Waals surface area contributed by atoms with Gasteiger partial charge in [0.25, 0.3) is 0 Å². The maximum Gasteiger partial charge on any atom is 0.305 e. The van der Waals surface area contributed by atoms with Gasteiger partial charge in [0.2, 0.25) is 5.91 Å². The van der Waals surface area contributed by atoms with Crippen LogP contribution in [0.3, 0.4) is 0 Å². The molecule has 1 N–H and O–H groups in total. The molecule has 84 valence electrons. The van der Waals surface area contributed by atoms with Crippen molar-refractivity contribution >= 4 is 11.9 Å². The highest BCUT2D eigenvalue weighted by Gasteiger charge is 2.53. The number of aliphatic hydroxyl groups is 1. The Morgan fingerprint density at radius 1 is 1.73 bits per heavy atom. The van der Waals surface area contributed by atoms with E-state index in [9.17, 15) is 14.7 Å².